The number of halogens is 3. The lowest BCUT2D eigenvalue weighted by atomic mass is 10.1. The molecule has 0 saturated heterocycles. The molecule has 0 aliphatic heterocycles. The van der Waals surface area contributed by atoms with Gasteiger partial charge in [-0.05, 0) is 18.2 Å². The molecular formula is C11H8ClF2N3. The first kappa shape index (κ1) is 11.7. The second kappa shape index (κ2) is 4.63. The number of nitrogens with zero attached hydrogens (tertiary/aromatic N) is 2. The van der Waals surface area contributed by atoms with Crippen LogP contribution >= 0.6 is 11.6 Å². The lowest BCUT2D eigenvalue weighted by molar-refractivity contribution is 0.617. The van der Waals surface area contributed by atoms with Gasteiger partial charge in [0.2, 0.25) is 5.95 Å². The highest BCUT2D eigenvalue weighted by Gasteiger charge is 2.10. The molecule has 6 heteroatoms. The van der Waals surface area contributed by atoms with Crippen LogP contribution in [0.5, 0.6) is 0 Å². The largest absolute Gasteiger partial charge is 0.357 e. The summed E-state index contributed by atoms with van der Waals surface area (Å²) in [5, 5.41) is 2.62. The van der Waals surface area contributed by atoms with Gasteiger partial charge in [-0.2, -0.15) is 0 Å². The SMILES string of the molecule is CNc1ncc(F)c(-c2ccc(F)c(Cl)c2)n1. The maximum absolute atomic E-state index is 13.5. The Morgan fingerprint density at radius 2 is 2.00 bits per heavy atom. The zero-order valence-electron chi connectivity index (χ0n) is 8.84. The summed E-state index contributed by atoms with van der Waals surface area (Å²) in [6.07, 6.45) is 1.05. The van der Waals surface area contributed by atoms with Gasteiger partial charge < -0.3 is 5.32 Å². The standard InChI is InChI=1S/C11H8ClF2N3/c1-15-11-16-5-9(14)10(17-11)6-2-3-8(13)7(12)4-6/h2-5H,1H3,(H,15,16,17). The average Bonchev–Trinajstić information content (AvgIpc) is 2.33. The summed E-state index contributed by atoms with van der Waals surface area (Å²) < 4.78 is 26.5. The monoisotopic (exact) mass is 255 g/mol. The summed E-state index contributed by atoms with van der Waals surface area (Å²) in [6, 6.07) is 3.89. The van der Waals surface area contributed by atoms with Gasteiger partial charge in [-0.1, -0.05) is 11.6 Å². The first-order valence-corrected chi connectivity index (χ1v) is 5.15. The first-order valence-electron chi connectivity index (χ1n) is 4.77. The Morgan fingerprint density at radius 1 is 1.24 bits per heavy atom. The summed E-state index contributed by atoms with van der Waals surface area (Å²) in [5.41, 5.74) is 0.471. The van der Waals surface area contributed by atoms with Gasteiger partial charge in [0.1, 0.15) is 11.5 Å². The topological polar surface area (TPSA) is 37.8 Å². The summed E-state index contributed by atoms with van der Waals surface area (Å²) in [6.45, 7) is 0. The van der Waals surface area contributed by atoms with Crippen LogP contribution in [0.2, 0.25) is 5.02 Å². The van der Waals surface area contributed by atoms with Gasteiger partial charge in [0, 0.05) is 12.6 Å². The molecule has 0 amide bonds. The molecule has 1 aromatic heterocycles. The van der Waals surface area contributed by atoms with Crippen molar-refractivity contribution in [2.75, 3.05) is 12.4 Å². The second-order valence-corrected chi connectivity index (χ2v) is 3.68. The van der Waals surface area contributed by atoms with Crippen molar-refractivity contribution in [2.45, 2.75) is 0 Å². The predicted molar refractivity (Wildman–Crippen MR) is 61.9 cm³/mol. The Kier molecular flexibility index (Phi) is 3.19. The van der Waals surface area contributed by atoms with E-state index in [0.717, 1.165) is 12.3 Å². The predicted octanol–water partition coefficient (Wildman–Crippen LogP) is 3.12. The fourth-order valence-electron chi connectivity index (χ4n) is 1.33. The van der Waals surface area contributed by atoms with Crippen molar-refractivity contribution in [2.24, 2.45) is 0 Å². The molecule has 0 aliphatic carbocycles. The van der Waals surface area contributed by atoms with Crippen molar-refractivity contribution in [1.82, 2.24) is 9.97 Å². The number of hydrogen-bond acceptors (Lipinski definition) is 3. The smallest absolute Gasteiger partial charge is 0.223 e. The van der Waals surface area contributed by atoms with E-state index in [-0.39, 0.29) is 16.7 Å². The highest BCUT2D eigenvalue weighted by molar-refractivity contribution is 6.31. The molecule has 0 spiro atoms. The lowest BCUT2D eigenvalue weighted by Crippen LogP contribution is -1.99. The Morgan fingerprint density at radius 3 is 2.65 bits per heavy atom. The van der Waals surface area contributed by atoms with Crippen LogP contribution in [0.4, 0.5) is 14.7 Å². The van der Waals surface area contributed by atoms with E-state index in [4.69, 9.17) is 11.6 Å². The molecule has 0 unspecified atom stereocenters. The van der Waals surface area contributed by atoms with Gasteiger partial charge >= 0.3 is 0 Å². The minimum atomic E-state index is -0.591. The van der Waals surface area contributed by atoms with Gasteiger partial charge in [-0.3, -0.25) is 0 Å². The van der Waals surface area contributed by atoms with Crippen molar-refractivity contribution in [1.29, 1.82) is 0 Å². The summed E-state index contributed by atoms with van der Waals surface area (Å²) in [4.78, 5) is 7.67. The maximum atomic E-state index is 13.5. The lowest BCUT2D eigenvalue weighted by Gasteiger charge is -2.05. The zero-order valence-corrected chi connectivity index (χ0v) is 9.59. The molecule has 1 heterocycles. The van der Waals surface area contributed by atoms with Crippen molar-refractivity contribution >= 4 is 17.5 Å². The number of nitrogens with one attached hydrogen (secondary N) is 1. The third-order valence-electron chi connectivity index (χ3n) is 2.16. The highest BCUT2D eigenvalue weighted by Crippen LogP contribution is 2.25. The summed E-state index contributed by atoms with van der Waals surface area (Å²) >= 11 is 5.63. The van der Waals surface area contributed by atoms with Crippen molar-refractivity contribution in [3.63, 3.8) is 0 Å². The minimum Gasteiger partial charge on any atom is -0.357 e. The van der Waals surface area contributed by atoms with Gasteiger partial charge in [0.15, 0.2) is 5.82 Å². The fourth-order valence-corrected chi connectivity index (χ4v) is 1.51. The fraction of sp³-hybridized carbons (Fsp3) is 0.0909. The highest BCUT2D eigenvalue weighted by atomic mass is 35.5. The van der Waals surface area contributed by atoms with Crippen LogP contribution in [0, 0.1) is 11.6 Å². The minimum absolute atomic E-state index is 0.0752. The Balaban J connectivity index is 2.55. The van der Waals surface area contributed by atoms with E-state index in [1.807, 2.05) is 0 Å². The molecule has 1 N–H and O–H groups in total. The zero-order chi connectivity index (χ0) is 12.4. The molecule has 2 rings (SSSR count). The second-order valence-electron chi connectivity index (χ2n) is 3.27. The van der Waals surface area contributed by atoms with Crippen molar-refractivity contribution in [3.8, 4) is 11.3 Å². The van der Waals surface area contributed by atoms with Gasteiger partial charge in [0.25, 0.3) is 0 Å². The van der Waals surface area contributed by atoms with E-state index in [9.17, 15) is 8.78 Å². The van der Waals surface area contributed by atoms with Gasteiger partial charge in [-0.15, -0.1) is 0 Å². The van der Waals surface area contributed by atoms with Crippen molar-refractivity contribution < 1.29 is 8.78 Å². The molecule has 1 aromatic carbocycles. The van der Waals surface area contributed by atoms with Crippen LogP contribution in [0.15, 0.2) is 24.4 Å². The Bertz CT molecular complexity index is 560. The number of hydrogen-bond donors (Lipinski definition) is 1. The Labute approximate surface area is 101 Å². The van der Waals surface area contributed by atoms with Crippen LogP contribution in [-0.2, 0) is 0 Å². The van der Waals surface area contributed by atoms with E-state index in [1.165, 1.54) is 12.1 Å². The molecular weight excluding hydrogens is 248 g/mol. The maximum Gasteiger partial charge on any atom is 0.223 e. The van der Waals surface area contributed by atoms with Crippen LogP contribution in [0.3, 0.4) is 0 Å². The van der Waals surface area contributed by atoms with Gasteiger partial charge in [-0.25, -0.2) is 18.7 Å². The number of aromatic nitrogens is 2. The molecule has 0 radical (unpaired) electrons. The molecule has 0 bridgehead atoms. The molecule has 88 valence electrons. The number of benzene rings is 1. The van der Waals surface area contributed by atoms with E-state index in [2.05, 4.69) is 15.3 Å². The number of rotatable bonds is 2. The van der Waals surface area contributed by atoms with Gasteiger partial charge in [0.05, 0.1) is 11.2 Å². The third-order valence-corrected chi connectivity index (χ3v) is 2.45. The van der Waals surface area contributed by atoms with Crippen LogP contribution in [-0.4, -0.2) is 17.0 Å². The third kappa shape index (κ3) is 2.34. The molecule has 0 saturated carbocycles. The summed E-state index contributed by atoms with van der Waals surface area (Å²) in [5.74, 6) is -0.868. The normalized spacial score (nSPS) is 10.4. The van der Waals surface area contributed by atoms with E-state index < -0.39 is 11.6 Å². The molecule has 2 aromatic rings. The summed E-state index contributed by atoms with van der Waals surface area (Å²) in [7, 11) is 1.62. The van der Waals surface area contributed by atoms with E-state index in [0.29, 0.717) is 5.56 Å². The van der Waals surface area contributed by atoms with Crippen molar-refractivity contribution in [3.05, 3.63) is 41.1 Å². The molecule has 0 aliphatic rings. The van der Waals surface area contributed by atoms with E-state index in [1.54, 1.807) is 7.05 Å². The van der Waals surface area contributed by atoms with Crippen LogP contribution in [0.25, 0.3) is 11.3 Å². The van der Waals surface area contributed by atoms with E-state index >= 15 is 0 Å². The Hall–Kier alpha value is -1.75. The molecule has 0 fully saturated rings. The van der Waals surface area contributed by atoms with Crippen LogP contribution < -0.4 is 5.32 Å². The average molecular weight is 256 g/mol. The molecule has 17 heavy (non-hydrogen) atoms. The molecule has 0 atom stereocenters. The first-order chi connectivity index (χ1) is 8.11. The number of anilines is 1. The quantitative estimate of drug-likeness (QED) is 0.896. The molecule has 3 nitrogen and oxygen atoms in total. The van der Waals surface area contributed by atoms with Crippen LogP contribution in [0.1, 0.15) is 0 Å².